The van der Waals surface area contributed by atoms with Crippen LogP contribution in [0.3, 0.4) is 0 Å². The molecule has 0 radical (unpaired) electrons. The number of halogens is 1. The van der Waals surface area contributed by atoms with Crippen LogP contribution < -0.4 is 9.47 Å². The molecule has 0 unspecified atom stereocenters. The van der Waals surface area contributed by atoms with Crippen LogP contribution in [0.5, 0.6) is 17.2 Å². The minimum Gasteiger partial charge on any atom is -0.497 e. The number of benzene rings is 2. The van der Waals surface area contributed by atoms with Crippen molar-refractivity contribution in [2.45, 2.75) is 0 Å². The standard InChI is InChI=1S/C16H13FO4/c1-20-13-4-6-14(7-5-13)21-15-8-3-12(17)10-11(15)2-9-16(18)19/h2-10H,1H3,(H,18,19)/b9-2+. The molecular weight excluding hydrogens is 275 g/mol. The van der Waals surface area contributed by atoms with Crippen molar-refractivity contribution in [1.82, 2.24) is 0 Å². The molecule has 108 valence electrons. The van der Waals surface area contributed by atoms with Gasteiger partial charge in [0.15, 0.2) is 0 Å². The Hall–Kier alpha value is -2.82. The van der Waals surface area contributed by atoms with Crippen molar-refractivity contribution in [3.63, 3.8) is 0 Å². The van der Waals surface area contributed by atoms with Crippen LogP contribution in [0.2, 0.25) is 0 Å². The van der Waals surface area contributed by atoms with Crippen molar-refractivity contribution in [2.24, 2.45) is 0 Å². The molecular formula is C16H13FO4. The van der Waals surface area contributed by atoms with E-state index >= 15 is 0 Å². The number of ether oxygens (including phenoxy) is 2. The molecule has 0 aliphatic heterocycles. The summed E-state index contributed by atoms with van der Waals surface area (Å²) in [4.78, 5) is 10.6. The van der Waals surface area contributed by atoms with E-state index in [4.69, 9.17) is 14.6 Å². The largest absolute Gasteiger partial charge is 0.497 e. The van der Waals surface area contributed by atoms with Crippen molar-refractivity contribution in [3.05, 3.63) is 59.9 Å². The fraction of sp³-hybridized carbons (Fsp3) is 0.0625. The quantitative estimate of drug-likeness (QED) is 0.852. The fourth-order valence-electron chi connectivity index (χ4n) is 1.67. The second kappa shape index (κ2) is 6.56. The molecule has 1 N–H and O–H groups in total. The van der Waals surface area contributed by atoms with Crippen molar-refractivity contribution in [1.29, 1.82) is 0 Å². The number of hydrogen-bond donors (Lipinski definition) is 1. The molecule has 0 aliphatic carbocycles. The highest BCUT2D eigenvalue weighted by molar-refractivity contribution is 5.85. The van der Waals surface area contributed by atoms with Crippen LogP contribution in [0.4, 0.5) is 4.39 Å². The van der Waals surface area contributed by atoms with Crippen molar-refractivity contribution < 1.29 is 23.8 Å². The second-order valence-electron chi connectivity index (χ2n) is 4.13. The van der Waals surface area contributed by atoms with Crippen molar-refractivity contribution in [2.75, 3.05) is 7.11 Å². The minimum absolute atomic E-state index is 0.341. The van der Waals surface area contributed by atoms with Gasteiger partial charge >= 0.3 is 5.97 Å². The summed E-state index contributed by atoms with van der Waals surface area (Å²) in [6.07, 6.45) is 2.21. The Labute approximate surface area is 121 Å². The van der Waals surface area contributed by atoms with E-state index in [0.29, 0.717) is 22.8 Å². The van der Waals surface area contributed by atoms with E-state index in [2.05, 4.69) is 0 Å². The molecule has 2 aromatic carbocycles. The minimum atomic E-state index is -1.12. The Balaban J connectivity index is 2.27. The van der Waals surface area contributed by atoms with Gasteiger partial charge in [-0.05, 0) is 48.5 Å². The summed E-state index contributed by atoms with van der Waals surface area (Å²) in [7, 11) is 1.56. The predicted molar refractivity (Wildman–Crippen MR) is 76.1 cm³/mol. The van der Waals surface area contributed by atoms with Gasteiger partial charge in [0.25, 0.3) is 0 Å². The average molecular weight is 288 g/mol. The highest BCUT2D eigenvalue weighted by atomic mass is 19.1. The molecule has 0 aromatic heterocycles. The maximum Gasteiger partial charge on any atom is 0.328 e. The Morgan fingerprint density at radius 2 is 1.81 bits per heavy atom. The number of carboxylic acid groups (broad SMARTS) is 1. The van der Waals surface area contributed by atoms with Gasteiger partial charge in [-0.1, -0.05) is 0 Å². The zero-order chi connectivity index (χ0) is 15.2. The summed E-state index contributed by atoms with van der Waals surface area (Å²) in [6.45, 7) is 0. The highest BCUT2D eigenvalue weighted by Crippen LogP contribution is 2.28. The van der Waals surface area contributed by atoms with Gasteiger partial charge in [0, 0.05) is 11.6 Å². The number of carbonyl (C=O) groups is 1. The first-order valence-electron chi connectivity index (χ1n) is 6.11. The van der Waals surface area contributed by atoms with Crippen LogP contribution in [0.25, 0.3) is 6.08 Å². The van der Waals surface area contributed by atoms with E-state index < -0.39 is 11.8 Å². The number of hydrogen-bond acceptors (Lipinski definition) is 3. The summed E-state index contributed by atoms with van der Waals surface area (Å²) >= 11 is 0. The molecule has 5 heteroatoms. The third kappa shape index (κ3) is 4.07. The van der Waals surface area contributed by atoms with Crippen molar-refractivity contribution >= 4 is 12.0 Å². The van der Waals surface area contributed by atoms with Crippen LogP contribution in [0.15, 0.2) is 48.5 Å². The molecule has 2 rings (SSSR count). The predicted octanol–water partition coefficient (Wildman–Crippen LogP) is 3.72. The lowest BCUT2D eigenvalue weighted by molar-refractivity contribution is -0.131. The lowest BCUT2D eigenvalue weighted by Gasteiger charge is -2.09. The first-order chi connectivity index (χ1) is 10.1. The molecule has 0 bridgehead atoms. The summed E-state index contributed by atoms with van der Waals surface area (Å²) in [5, 5.41) is 8.65. The van der Waals surface area contributed by atoms with Gasteiger partial charge in [-0.2, -0.15) is 0 Å². The third-order valence-corrected chi connectivity index (χ3v) is 2.66. The first kappa shape index (κ1) is 14.6. The fourth-order valence-corrected chi connectivity index (χ4v) is 1.67. The van der Waals surface area contributed by atoms with Crippen LogP contribution in [-0.2, 0) is 4.79 Å². The summed E-state index contributed by atoms with van der Waals surface area (Å²) in [5.74, 6) is -0.00400. The van der Waals surface area contributed by atoms with Gasteiger partial charge < -0.3 is 14.6 Å². The zero-order valence-corrected chi connectivity index (χ0v) is 11.2. The Kier molecular flexibility index (Phi) is 4.56. The maximum atomic E-state index is 13.3. The summed E-state index contributed by atoms with van der Waals surface area (Å²) in [5.41, 5.74) is 0.341. The number of rotatable bonds is 5. The lowest BCUT2D eigenvalue weighted by atomic mass is 10.2. The molecule has 4 nitrogen and oxygen atoms in total. The molecule has 0 heterocycles. The van der Waals surface area contributed by atoms with Gasteiger partial charge in [-0.25, -0.2) is 9.18 Å². The normalized spacial score (nSPS) is 10.6. The van der Waals surface area contributed by atoms with Gasteiger partial charge in [0.05, 0.1) is 7.11 Å². The summed E-state index contributed by atoms with van der Waals surface area (Å²) < 4.78 is 23.9. The molecule has 2 aromatic rings. The van der Waals surface area contributed by atoms with Gasteiger partial charge in [0.2, 0.25) is 0 Å². The van der Waals surface area contributed by atoms with E-state index in [1.54, 1.807) is 31.4 Å². The third-order valence-electron chi connectivity index (χ3n) is 2.66. The molecule has 0 atom stereocenters. The van der Waals surface area contributed by atoms with E-state index in [0.717, 1.165) is 6.08 Å². The number of aliphatic carboxylic acids is 1. The molecule has 21 heavy (non-hydrogen) atoms. The van der Waals surface area contributed by atoms with Crippen molar-refractivity contribution in [3.8, 4) is 17.2 Å². The van der Waals surface area contributed by atoms with Crippen LogP contribution in [0.1, 0.15) is 5.56 Å². The van der Waals surface area contributed by atoms with Crippen LogP contribution >= 0.6 is 0 Å². The van der Waals surface area contributed by atoms with Crippen LogP contribution in [0, 0.1) is 5.82 Å². The average Bonchev–Trinajstić information content (AvgIpc) is 2.48. The smallest absolute Gasteiger partial charge is 0.328 e. The molecule has 0 spiro atoms. The van der Waals surface area contributed by atoms with E-state index in [-0.39, 0.29) is 0 Å². The lowest BCUT2D eigenvalue weighted by Crippen LogP contribution is -1.91. The molecule has 0 amide bonds. The highest BCUT2D eigenvalue weighted by Gasteiger charge is 2.05. The topological polar surface area (TPSA) is 55.8 Å². The Morgan fingerprint density at radius 1 is 1.14 bits per heavy atom. The summed E-state index contributed by atoms with van der Waals surface area (Å²) in [6, 6.07) is 10.8. The number of methoxy groups -OCH3 is 1. The molecule has 0 aliphatic rings. The molecule has 0 saturated heterocycles. The second-order valence-corrected chi connectivity index (χ2v) is 4.13. The van der Waals surface area contributed by atoms with Crippen LogP contribution in [-0.4, -0.2) is 18.2 Å². The monoisotopic (exact) mass is 288 g/mol. The number of carboxylic acids is 1. The first-order valence-corrected chi connectivity index (χ1v) is 6.11. The van der Waals surface area contributed by atoms with Gasteiger partial charge in [-0.3, -0.25) is 0 Å². The molecule has 0 fully saturated rings. The van der Waals surface area contributed by atoms with E-state index in [1.807, 2.05) is 0 Å². The van der Waals surface area contributed by atoms with E-state index in [9.17, 15) is 9.18 Å². The zero-order valence-electron chi connectivity index (χ0n) is 11.2. The maximum absolute atomic E-state index is 13.3. The SMILES string of the molecule is COc1ccc(Oc2ccc(F)cc2/C=C/C(=O)O)cc1. The van der Waals surface area contributed by atoms with Gasteiger partial charge in [-0.15, -0.1) is 0 Å². The molecule has 0 saturated carbocycles. The van der Waals surface area contributed by atoms with Gasteiger partial charge in [0.1, 0.15) is 23.1 Å². The van der Waals surface area contributed by atoms with E-state index in [1.165, 1.54) is 24.3 Å². The Morgan fingerprint density at radius 3 is 2.43 bits per heavy atom. The Bertz CT molecular complexity index is 662.